The van der Waals surface area contributed by atoms with Crippen molar-refractivity contribution in [2.45, 2.75) is 49.4 Å². The molecule has 1 aliphatic carbocycles. The average molecular weight is 312 g/mol. The quantitative estimate of drug-likeness (QED) is 0.653. The van der Waals surface area contributed by atoms with Crippen molar-refractivity contribution >= 4 is 12.2 Å². The van der Waals surface area contributed by atoms with Crippen LogP contribution in [0.1, 0.15) is 24.6 Å². The van der Waals surface area contributed by atoms with E-state index in [4.69, 9.17) is 21.7 Å². The van der Waals surface area contributed by atoms with E-state index in [2.05, 4.69) is 4.98 Å². The van der Waals surface area contributed by atoms with Crippen molar-refractivity contribution in [3.63, 3.8) is 0 Å². The fourth-order valence-electron chi connectivity index (χ4n) is 3.55. The fraction of sp³-hybridized carbons (Fsp3) is 0.692. The van der Waals surface area contributed by atoms with E-state index in [1.807, 2.05) is 0 Å². The van der Waals surface area contributed by atoms with Crippen molar-refractivity contribution in [1.82, 2.24) is 9.55 Å². The summed E-state index contributed by atoms with van der Waals surface area (Å²) in [6.45, 7) is 1.36. The number of aromatic nitrogens is 2. The first kappa shape index (κ1) is 13.6. The Balaban J connectivity index is 1.79. The molecule has 8 heteroatoms. The van der Waals surface area contributed by atoms with Crippen LogP contribution >= 0.6 is 12.2 Å². The fourth-order valence-corrected chi connectivity index (χ4v) is 3.80. The highest BCUT2D eigenvalue weighted by Gasteiger charge is 2.78. The highest BCUT2D eigenvalue weighted by atomic mass is 32.1. The molecule has 4 rings (SSSR count). The normalized spacial score (nSPS) is 39.1. The van der Waals surface area contributed by atoms with Crippen LogP contribution in [0.3, 0.4) is 0 Å². The smallest absolute Gasteiger partial charge is 0.254 e. The average Bonchev–Trinajstić information content (AvgIpc) is 3.12. The number of aliphatic hydroxyl groups excluding tert-OH is 2. The maximum Gasteiger partial charge on any atom is 0.254 e. The molecule has 2 unspecified atom stereocenters. The molecule has 4 atom stereocenters. The number of nitrogens with zero attached hydrogens (tertiary/aromatic N) is 1. The summed E-state index contributed by atoms with van der Waals surface area (Å²) in [5, 5.41) is 20.2. The van der Waals surface area contributed by atoms with Gasteiger partial charge in [0.15, 0.2) is 16.6 Å². The SMILES string of the molecule is Cc1cn([C@@H]2O[C@]3(CO)C(O)C2OC32CC2)c(=S)[nH]c1=O. The molecule has 2 saturated heterocycles. The van der Waals surface area contributed by atoms with Crippen molar-refractivity contribution in [3.05, 3.63) is 26.9 Å². The van der Waals surface area contributed by atoms with Gasteiger partial charge >= 0.3 is 0 Å². The highest BCUT2D eigenvalue weighted by Crippen LogP contribution is 2.63. The first-order chi connectivity index (χ1) is 9.94. The standard InChI is InChI=1S/C13H16N2O5S/c1-6-4-15(11(21)14-9(6)18)10-7-8(17)13(5-16,20-10)12(19-7)2-3-12/h4,7-8,10,16-17H,2-3,5H2,1H3,(H,14,18,21)/t7?,8?,10-,13-/m1/s1. The summed E-state index contributed by atoms with van der Waals surface area (Å²) < 4.78 is 13.7. The second kappa shape index (κ2) is 4.02. The van der Waals surface area contributed by atoms with Crippen LogP contribution in [-0.4, -0.2) is 49.8 Å². The monoisotopic (exact) mass is 312 g/mol. The van der Waals surface area contributed by atoms with Gasteiger partial charge in [-0.2, -0.15) is 0 Å². The summed E-state index contributed by atoms with van der Waals surface area (Å²) >= 11 is 5.16. The van der Waals surface area contributed by atoms with E-state index in [1.54, 1.807) is 17.7 Å². The van der Waals surface area contributed by atoms with E-state index in [9.17, 15) is 15.0 Å². The number of rotatable bonds is 2. The number of fused-ring (bicyclic) bond motifs is 3. The third-order valence-corrected chi connectivity index (χ3v) is 5.21. The molecule has 2 bridgehead atoms. The van der Waals surface area contributed by atoms with Gasteiger partial charge in [0.1, 0.15) is 17.8 Å². The molecule has 0 amide bonds. The Morgan fingerprint density at radius 3 is 2.86 bits per heavy atom. The highest BCUT2D eigenvalue weighted by molar-refractivity contribution is 7.71. The Bertz CT molecular complexity index is 724. The van der Waals surface area contributed by atoms with Crippen LogP contribution < -0.4 is 5.56 Å². The predicted molar refractivity (Wildman–Crippen MR) is 73.4 cm³/mol. The van der Waals surface area contributed by atoms with E-state index in [-0.39, 0.29) is 16.9 Å². The summed E-state index contributed by atoms with van der Waals surface area (Å²) in [6.07, 6.45) is 0.961. The summed E-state index contributed by atoms with van der Waals surface area (Å²) in [4.78, 5) is 14.1. The minimum Gasteiger partial charge on any atom is -0.393 e. The van der Waals surface area contributed by atoms with Crippen molar-refractivity contribution in [2.75, 3.05) is 6.61 Å². The number of H-pyrrole nitrogens is 1. The minimum atomic E-state index is -1.10. The van der Waals surface area contributed by atoms with Gasteiger partial charge in [0, 0.05) is 11.8 Å². The number of ether oxygens (including phenoxy) is 2. The maximum absolute atomic E-state index is 11.6. The van der Waals surface area contributed by atoms with Gasteiger partial charge in [0.25, 0.3) is 5.56 Å². The van der Waals surface area contributed by atoms with Gasteiger partial charge in [-0.25, -0.2) is 0 Å². The Labute approximate surface area is 125 Å². The zero-order valence-electron chi connectivity index (χ0n) is 11.4. The van der Waals surface area contributed by atoms with Crippen LogP contribution in [0.15, 0.2) is 11.0 Å². The lowest BCUT2D eigenvalue weighted by Gasteiger charge is -2.37. The third kappa shape index (κ3) is 1.51. The van der Waals surface area contributed by atoms with Crippen LogP contribution in [0.4, 0.5) is 0 Å². The molecule has 0 radical (unpaired) electrons. The topological polar surface area (TPSA) is 96.7 Å². The molecular formula is C13H16N2O5S. The summed E-state index contributed by atoms with van der Waals surface area (Å²) in [7, 11) is 0. The van der Waals surface area contributed by atoms with Crippen molar-refractivity contribution in [3.8, 4) is 0 Å². The van der Waals surface area contributed by atoms with Crippen molar-refractivity contribution < 1.29 is 19.7 Å². The first-order valence-corrected chi connectivity index (χ1v) is 7.32. The third-order valence-electron chi connectivity index (χ3n) is 4.89. The van der Waals surface area contributed by atoms with E-state index in [0.717, 1.165) is 12.8 Å². The van der Waals surface area contributed by atoms with Gasteiger partial charge in [-0.3, -0.25) is 14.3 Å². The molecule has 3 fully saturated rings. The molecule has 1 spiro atoms. The molecule has 1 aromatic rings. The van der Waals surface area contributed by atoms with Crippen LogP contribution in [0.5, 0.6) is 0 Å². The molecule has 21 heavy (non-hydrogen) atoms. The lowest BCUT2D eigenvalue weighted by atomic mass is 9.91. The Morgan fingerprint density at radius 1 is 1.52 bits per heavy atom. The molecule has 0 aromatic carbocycles. The van der Waals surface area contributed by atoms with Gasteiger partial charge in [-0.05, 0) is 32.0 Å². The number of aryl methyl sites for hydroxylation is 1. The molecule has 1 aromatic heterocycles. The van der Waals surface area contributed by atoms with E-state index < -0.39 is 29.6 Å². The number of aromatic amines is 1. The lowest BCUT2D eigenvalue weighted by Crippen LogP contribution is -2.52. The van der Waals surface area contributed by atoms with E-state index in [0.29, 0.717) is 5.56 Å². The number of hydrogen-bond donors (Lipinski definition) is 3. The van der Waals surface area contributed by atoms with Crippen LogP contribution in [0.25, 0.3) is 0 Å². The number of hydrogen-bond acceptors (Lipinski definition) is 6. The zero-order valence-corrected chi connectivity index (χ0v) is 12.2. The molecule has 3 N–H and O–H groups in total. The Morgan fingerprint density at radius 2 is 2.24 bits per heavy atom. The second-order valence-corrected chi connectivity index (χ2v) is 6.44. The lowest BCUT2D eigenvalue weighted by molar-refractivity contribution is -0.235. The molecule has 1 saturated carbocycles. The molecule has 114 valence electrons. The Kier molecular flexibility index (Phi) is 2.60. The molecular weight excluding hydrogens is 296 g/mol. The molecule has 7 nitrogen and oxygen atoms in total. The van der Waals surface area contributed by atoms with Crippen molar-refractivity contribution in [2.24, 2.45) is 0 Å². The van der Waals surface area contributed by atoms with Gasteiger partial charge < -0.3 is 19.7 Å². The van der Waals surface area contributed by atoms with Crippen LogP contribution in [-0.2, 0) is 9.47 Å². The summed E-state index contributed by atoms with van der Waals surface area (Å²) in [6, 6.07) is 0. The van der Waals surface area contributed by atoms with Crippen LogP contribution in [0.2, 0.25) is 0 Å². The second-order valence-electron chi connectivity index (χ2n) is 6.06. The van der Waals surface area contributed by atoms with Gasteiger partial charge in [0.05, 0.1) is 6.61 Å². The molecule has 2 aliphatic heterocycles. The van der Waals surface area contributed by atoms with Crippen LogP contribution in [0, 0.1) is 11.7 Å². The summed E-state index contributed by atoms with van der Waals surface area (Å²) in [5.41, 5.74) is -1.43. The van der Waals surface area contributed by atoms with Gasteiger partial charge in [-0.1, -0.05) is 0 Å². The zero-order chi connectivity index (χ0) is 15.0. The van der Waals surface area contributed by atoms with E-state index >= 15 is 0 Å². The van der Waals surface area contributed by atoms with Crippen molar-refractivity contribution in [1.29, 1.82) is 0 Å². The maximum atomic E-state index is 11.6. The number of nitrogens with one attached hydrogen (secondary N) is 1. The summed E-state index contributed by atoms with van der Waals surface area (Å²) in [5.74, 6) is 0. The molecule has 3 aliphatic rings. The molecule has 3 heterocycles. The number of aliphatic hydroxyl groups is 2. The Hall–Kier alpha value is -1.06. The predicted octanol–water partition coefficient (Wildman–Crippen LogP) is -0.233. The minimum absolute atomic E-state index is 0.205. The van der Waals surface area contributed by atoms with Gasteiger partial charge in [-0.15, -0.1) is 0 Å². The first-order valence-electron chi connectivity index (χ1n) is 6.91. The van der Waals surface area contributed by atoms with Gasteiger partial charge in [0.2, 0.25) is 0 Å². The largest absolute Gasteiger partial charge is 0.393 e. The van der Waals surface area contributed by atoms with E-state index in [1.165, 1.54) is 0 Å².